The number of methoxy groups -OCH3 is 1. The molecule has 2 rings (SSSR count). The lowest BCUT2D eigenvalue weighted by atomic mass is 9.87. The maximum atomic E-state index is 6.15. The van der Waals surface area contributed by atoms with E-state index in [1.54, 1.807) is 7.11 Å². The molecule has 1 aromatic rings. The Kier molecular flexibility index (Phi) is 4.91. The standard InChI is InChI=1S/C15H24ClN3O/c1-15(2,19-8-4-5-9-19)14(18-17)12-10-11(16)6-7-13(12)20-3/h6-7,10,14,18H,4-5,8-9,17H2,1-3H3. The van der Waals surface area contributed by atoms with E-state index in [-0.39, 0.29) is 11.6 Å². The van der Waals surface area contributed by atoms with Crippen LogP contribution in [0.1, 0.15) is 38.3 Å². The number of nitrogens with two attached hydrogens (primary N) is 1. The zero-order valence-electron chi connectivity index (χ0n) is 12.4. The predicted molar refractivity (Wildman–Crippen MR) is 83.0 cm³/mol. The molecule has 1 atom stereocenters. The lowest BCUT2D eigenvalue weighted by Gasteiger charge is -2.42. The van der Waals surface area contributed by atoms with Gasteiger partial charge in [-0.25, -0.2) is 0 Å². The van der Waals surface area contributed by atoms with Crippen molar-refractivity contribution in [2.45, 2.75) is 38.3 Å². The van der Waals surface area contributed by atoms with Crippen LogP contribution in [0.3, 0.4) is 0 Å². The minimum atomic E-state index is -0.108. The zero-order chi connectivity index (χ0) is 14.8. The molecule has 0 spiro atoms. The molecular formula is C15H24ClN3O. The molecule has 1 heterocycles. The maximum absolute atomic E-state index is 6.15. The van der Waals surface area contributed by atoms with E-state index in [2.05, 4.69) is 24.2 Å². The summed E-state index contributed by atoms with van der Waals surface area (Å²) >= 11 is 6.15. The Morgan fingerprint density at radius 2 is 2.00 bits per heavy atom. The van der Waals surface area contributed by atoms with Crippen LogP contribution < -0.4 is 16.0 Å². The third-order valence-electron chi connectivity index (χ3n) is 4.30. The number of halogens is 1. The molecule has 1 saturated heterocycles. The van der Waals surface area contributed by atoms with Crippen molar-refractivity contribution in [3.63, 3.8) is 0 Å². The molecule has 1 fully saturated rings. The summed E-state index contributed by atoms with van der Waals surface area (Å²) in [5.41, 5.74) is 3.85. The van der Waals surface area contributed by atoms with Gasteiger partial charge in [0, 0.05) is 16.1 Å². The Bertz CT molecular complexity index is 458. The second-order valence-corrected chi connectivity index (χ2v) is 6.27. The second kappa shape index (κ2) is 6.31. The number of likely N-dealkylation sites (tertiary alicyclic amines) is 1. The summed E-state index contributed by atoms with van der Waals surface area (Å²) in [5, 5.41) is 0.693. The van der Waals surface area contributed by atoms with Gasteiger partial charge in [0.25, 0.3) is 0 Å². The van der Waals surface area contributed by atoms with Gasteiger partial charge in [-0.05, 0) is 58.0 Å². The first kappa shape index (κ1) is 15.6. The Morgan fingerprint density at radius 3 is 2.55 bits per heavy atom. The topological polar surface area (TPSA) is 50.5 Å². The molecule has 1 unspecified atom stereocenters. The molecule has 3 N–H and O–H groups in total. The first-order valence-corrected chi connectivity index (χ1v) is 7.43. The summed E-state index contributed by atoms with van der Waals surface area (Å²) in [4.78, 5) is 2.47. The number of benzene rings is 1. The van der Waals surface area contributed by atoms with Gasteiger partial charge in [0.05, 0.1) is 13.2 Å². The van der Waals surface area contributed by atoms with Crippen LogP contribution in [0.5, 0.6) is 5.75 Å². The lowest BCUT2D eigenvalue weighted by Crippen LogP contribution is -2.53. The summed E-state index contributed by atoms with van der Waals surface area (Å²) in [7, 11) is 1.67. The monoisotopic (exact) mass is 297 g/mol. The van der Waals surface area contributed by atoms with E-state index in [9.17, 15) is 0 Å². The van der Waals surface area contributed by atoms with Crippen molar-refractivity contribution in [1.29, 1.82) is 0 Å². The molecule has 5 heteroatoms. The minimum Gasteiger partial charge on any atom is -0.496 e. The van der Waals surface area contributed by atoms with Crippen molar-refractivity contribution in [1.82, 2.24) is 10.3 Å². The van der Waals surface area contributed by atoms with E-state index in [1.807, 2.05) is 18.2 Å². The number of rotatable bonds is 5. The van der Waals surface area contributed by atoms with Crippen molar-refractivity contribution >= 4 is 11.6 Å². The zero-order valence-corrected chi connectivity index (χ0v) is 13.2. The van der Waals surface area contributed by atoms with Crippen LogP contribution >= 0.6 is 11.6 Å². The highest BCUT2D eigenvalue weighted by Crippen LogP contribution is 2.38. The fourth-order valence-electron chi connectivity index (χ4n) is 3.08. The van der Waals surface area contributed by atoms with Crippen molar-refractivity contribution in [2.24, 2.45) is 5.84 Å². The Hall–Kier alpha value is -0.810. The average molecular weight is 298 g/mol. The summed E-state index contributed by atoms with van der Waals surface area (Å²) in [6.45, 7) is 6.63. The van der Waals surface area contributed by atoms with E-state index < -0.39 is 0 Å². The van der Waals surface area contributed by atoms with Gasteiger partial charge in [-0.3, -0.25) is 16.2 Å². The molecule has 1 aliphatic heterocycles. The molecule has 0 aliphatic carbocycles. The summed E-state index contributed by atoms with van der Waals surface area (Å²) in [6, 6.07) is 5.61. The molecule has 0 radical (unpaired) electrons. The molecule has 0 amide bonds. The van der Waals surface area contributed by atoms with Crippen molar-refractivity contribution in [3.05, 3.63) is 28.8 Å². The van der Waals surface area contributed by atoms with E-state index >= 15 is 0 Å². The summed E-state index contributed by atoms with van der Waals surface area (Å²) < 4.78 is 5.47. The van der Waals surface area contributed by atoms with Gasteiger partial charge < -0.3 is 4.74 Å². The normalized spacial score (nSPS) is 18.2. The van der Waals surface area contributed by atoms with Crippen molar-refractivity contribution in [2.75, 3.05) is 20.2 Å². The van der Waals surface area contributed by atoms with Gasteiger partial charge in [0.15, 0.2) is 0 Å². The molecular weight excluding hydrogens is 274 g/mol. The van der Waals surface area contributed by atoms with Crippen LogP contribution in [0.25, 0.3) is 0 Å². The molecule has 0 saturated carbocycles. The van der Waals surface area contributed by atoms with E-state index in [0.29, 0.717) is 5.02 Å². The van der Waals surface area contributed by atoms with Crippen LogP contribution in [0.2, 0.25) is 5.02 Å². The number of nitrogens with zero attached hydrogens (tertiary/aromatic N) is 1. The van der Waals surface area contributed by atoms with Crippen molar-refractivity contribution < 1.29 is 4.74 Å². The number of ether oxygens (including phenoxy) is 1. The van der Waals surface area contributed by atoms with E-state index in [1.165, 1.54) is 12.8 Å². The first-order chi connectivity index (χ1) is 9.50. The Labute approximate surface area is 126 Å². The molecule has 0 bridgehead atoms. The largest absolute Gasteiger partial charge is 0.496 e. The Morgan fingerprint density at radius 1 is 1.35 bits per heavy atom. The fraction of sp³-hybridized carbons (Fsp3) is 0.600. The van der Waals surface area contributed by atoms with Crippen LogP contribution in [0, 0.1) is 0 Å². The van der Waals surface area contributed by atoms with Gasteiger partial charge in [-0.1, -0.05) is 11.6 Å². The van der Waals surface area contributed by atoms with Crippen LogP contribution in [-0.4, -0.2) is 30.6 Å². The average Bonchev–Trinajstić information content (AvgIpc) is 2.94. The third-order valence-corrected chi connectivity index (χ3v) is 4.53. The smallest absolute Gasteiger partial charge is 0.123 e. The molecule has 0 aromatic heterocycles. The van der Waals surface area contributed by atoms with Crippen LogP contribution in [-0.2, 0) is 0 Å². The fourth-order valence-corrected chi connectivity index (χ4v) is 3.26. The number of hydrogen-bond acceptors (Lipinski definition) is 4. The minimum absolute atomic E-state index is 0.0470. The molecule has 4 nitrogen and oxygen atoms in total. The highest BCUT2D eigenvalue weighted by Gasteiger charge is 2.38. The number of nitrogens with one attached hydrogen (secondary N) is 1. The van der Waals surface area contributed by atoms with Crippen LogP contribution in [0.4, 0.5) is 0 Å². The SMILES string of the molecule is COc1ccc(Cl)cc1C(NN)C(C)(C)N1CCCC1. The highest BCUT2D eigenvalue weighted by atomic mass is 35.5. The lowest BCUT2D eigenvalue weighted by molar-refractivity contribution is 0.105. The van der Waals surface area contributed by atoms with E-state index in [0.717, 1.165) is 24.4 Å². The van der Waals surface area contributed by atoms with Gasteiger partial charge in [-0.2, -0.15) is 0 Å². The molecule has 20 heavy (non-hydrogen) atoms. The molecule has 1 aliphatic rings. The number of hydrogen-bond donors (Lipinski definition) is 2. The van der Waals surface area contributed by atoms with Gasteiger partial charge >= 0.3 is 0 Å². The van der Waals surface area contributed by atoms with E-state index in [4.69, 9.17) is 22.2 Å². The molecule has 1 aromatic carbocycles. The molecule has 112 valence electrons. The first-order valence-electron chi connectivity index (χ1n) is 7.05. The van der Waals surface area contributed by atoms with Crippen molar-refractivity contribution in [3.8, 4) is 5.75 Å². The quantitative estimate of drug-likeness (QED) is 0.648. The maximum Gasteiger partial charge on any atom is 0.123 e. The van der Waals surface area contributed by atoms with Crippen LogP contribution in [0.15, 0.2) is 18.2 Å². The second-order valence-electron chi connectivity index (χ2n) is 5.83. The highest BCUT2D eigenvalue weighted by molar-refractivity contribution is 6.30. The predicted octanol–water partition coefficient (Wildman–Crippen LogP) is 2.73. The third kappa shape index (κ3) is 2.93. The summed E-state index contributed by atoms with van der Waals surface area (Å²) in [5.74, 6) is 6.67. The van der Waals surface area contributed by atoms with Gasteiger partial charge in [0.2, 0.25) is 0 Å². The Balaban J connectivity index is 2.38. The van der Waals surface area contributed by atoms with Gasteiger partial charge in [0.1, 0.15) is 5.75 Å². The van der Waals surface area contributed by atoms with Gasteiger partial charge in [-0.15, -0.1) is 0 Å². The number of hydrazine groups is 1. The summed E-state index contributed by atoms with van der Waals surface area (Å²) in [6.07, 6.45) is 2.49.